The van der Waals surface area contributed by atoms with Gasteiger partial charge >= 0.3 is 6.18 Å². The molecule has 0 saturated carbocycles. The summed E-state index contributed by atoms with van der Waals surface area (Å²) in [5, 5.41) is 3.72. The first kappa shape index (κ1) is 22.5. The molecule has 1 N–H and O–H groups in total. The molecule has 1 aliphatic rings. The van der Waals surface area contributed by atoms with Crippen LogP contribution in [-0.4, -0.2) is 36.6 Å². The number of rotatable bonds is 4. The summed E-state index contributed by atoms with van der Waals surface area (Å²) < 4.78 is 40.8. The predicted octanol–water partition coefficient (Wildman–Crippen LogP) is 4.97. The van der Waals surface area contributed by atoms with Crippen LogP contribution >= 0.6 is 24.0 Å². The zero-order valence-electron chi connectivity index (χ0n) is 15.0. The molecule has 1 amide bonds. The Kier molecular flexibility index (Phi) is 7.75. The third-order valence-corrected chi connectivity index (χ3v) is 5.01. The molecule has 0 spiro atoms. The van der Waals surface area contributed by atoms with Crippen LogP contribution in [0.5, 0.6) is 0 Å². The van der Waals surface area contributed by atoms with Gasteiger partial charge < -0.3 is 10.2 Å². The molecule has 0 aliphatic carbocycles. The molecule has 1 aliphatic heterocycles. The maximum atomic E-state index is 13.6. The Hall–Kier alpha value is -1.76. The Balaban J connectivity index is 0.00000280. The highest BCUT2D eigenvalue weighted by Gasteiger charge is 2.43. The van der Waals surface area contributed by atoms with Crippen molar-refractivity contribution in [3.8, 4) is 0 Å². The quantitative estimate of drug-likeness (QED) is 0.739. The Labute approximate surface area is 173 Å². The first-order valence-corrected chi connectivity index (χ1v) is 9.11. The second-order valence-corrected chi connectivity index (χ2v) is 7.01. The van der Waals surface area contributed by atoms with Crippen LogP contribution in [0, 0.1) is 0 Å². The average molecular weight is 433 g/mol. The highest BCUT2D eigenvalue weighted by molar-refractivity contribution is 6.30. The standard InChI is InChI=1S/C20H20ClF3N2O.ClH/c21-16-8-4-7-15(11-16)18-13-25-9-10-26(18)19(27)12-17(20(22,23)24)14-5-2-1-3-6-14;/h1-8,11,17-18,25H,9-10,12-13H2;1H. The third kappa shape index (κ3) is 5.40. The first-order valence-electron chi connectivity index (χ1n) is 8.73. The molecule has 3 rings (SSSR count). The molecule has 0 aromatic heterocycles. The van der Waals surface area contributed by atoms with Crippen LogP contribution in [0.2, 0.25) is 5.02 Å². The van der Waals surface area contributed by atoms with Gasteiger partial charge in [-0.05, 0) is 23.3 Å². The fourth-order valence-corrected chi connectivity index (χ4v) is 3.61. The van der Waals surface area contributed by atoms with E-state index >= 15 is 0 Å². The van der Waals surface area contributed by atoms with Crippen molar-refractivity contribution in [2.45, 2.75) is 24.6 Å². The monoisotopic (exact) mass is 432 g/mol. The van der Waals surface area contributed by atoms with Gasteiger partial charge in [0.1, 0.15) is 0 Å². The van der Waals surface area contributed by atoms with Gasteiger partial charge in [-0.2, -0.15) is 13.2 Å². The summed E-state index contributed by atoms with van der Waals surface area (Å²) in [5.74, 6) is -2.33. The summed E-state index contributed by atoms with van der Waals surface area (Å²) in [7, 11) is 0. The van der Waals surface area contributed by atoms with Crippen molar-refractivity contribution < 1.29 is 18.0 Å². The minimum atomic E-state index is -4.49. The molecule has 152 valence electrons. The summed E-state index contributed by atoms with van der Waals surface area (Å²) in [4.78, 5) is 14.4. The van der Waals surface area contributed by atoms with Crippen molar-refractivity contribution in [3.63, 3.8) is 0 Å². The van der Waals surface area contributed by atoms with Crippen molar-refractivity contribution >= 4 is 29.9 Å². The lowest BCUT2D eigenvalue weighted by Crippen LogP contribution is -2.49. The van der Waals surface area contributed by atoms with Gasteiger partial charge in [0.25, 0.3) is 0 Å². The molecule has 2 atom stereocenters. The van der Waals surface area contributed by atoms with Gasteiger partial charge in [-0.15, -0.1) is 12.4 Å². The van der Waals surface area contributed by atoms with Crippen LogP contribution in [0.3, 0.4) is 0 Å². The molecule has 0 radical (unpaired) electrons. The van der Waals surface area contributed by atoms with Crippen molar-refractivity contribution in [2.24, 2.45) is 0 Å². The summed E-state index contributed by atoms with van der Waals surface area (Å²) in [6.45, 7) is 1.38. The largest absolute Gasteiger partial charge is 0.396 e. The third-order valence-electron chi connectivity index (χ3n) is 4.77. The van der Waals surface area contributed by atoms with E-state index in [0.29, 0.717) is 24.7 Å². The van der Waals surface area contributed by atoms with E-state index in [1.54, 1.807) is 36.4 Å². The lowest BCUT2D eigenvalue weighted by Gasteiger charge is -2.37. The number of nitrogens with zero attached hydrogens (tertiary/aromatic N) is 1. The molecule has 0 bridgehead atoms. The number of piperazine rings is 1. The average Bonchev–Trinajstić information content (AvgIpc) is 2.65. The second kappa shape index (κ2) is 9.63. The number of carbonyl (C=O) groups is 1. The fourth-order valence-electron chi connectivity index (χ4n) is 3.41. The van der Waals surface area contributed by atoms with Gasteiger partial charge in [0.2, 0.25) is 5.91 Å². The van der Waals surface area contributed by atoms with Gasteiger partial charge in [-0.3, -0.25) is 4.79 Å². The molecular formula is C20H21Cl2F3N2O. The Morgan fingerprint density at radius 3 is 2.54 bits per heavy atom. The molecule has 2 aromatic rings. The van der Waals surface area contributed by atoms with Gasteiger partial charge in [-0.25, -0.2) is 0 Å². The van der Waals surface area contributed by atoms with Crippen LogP contribution in [0.4, 0.5) is 13.2 Å². The zero-order chi connectivity index (χ0) is 19.4. The number of alkyl halides is 3. The molecular weight excluding hydrogens is 412 g/mol. The van der Waals surface area contributed by atoms with Crippen molar-refractivity contribution in [3.05, 3.63) is 70.7 Å². The van der Waals surface area contributed by atoms with Gasteiger partial charge in [-0.1, -0.05) is 54.1 Å². The summed E-state index contributed by atoms with van der Waals surface area (Å²) in [5.41, 5.74) is 0.916. The van der Waals surface area contributed by atoms with Crippen LogP contribution in [0.25, 0.3) is 0 Å². The Morgan fingerprint density at radius 2 is 1.89 bits per heavy atom. The number of hydrogen-bond acceptors (Lipinski definition) is 2. The smallest absolute Gasteiger partial charge is 0.333 e. The highest BCUT2D eigenvalue weighted by atomic mass is 35.5. The number of benzene rings is 2. The van der Waals surface area contributed by atoms with E-state index in [4.69, 9.17) is 11.6 Å². The van der Waals surface area contributed by atoms with Gasteiger partial charge in [0.05, 0.1) is 12.0 Å². The minimum absolute atomic E-state index is 0. The van der Waals surface area contributed by atoms with E-state index in [-0.39, 0.29) is 24.0 Å². The van der Waals surface area contributed by atoms with Crippen molar-refractivity contribution in [1.29, 1.82) is 0 Å². The number of carbonyl (C=O) groups excluding carboxylic acids is 1. The molecule has 2 aromatic carbocycles. The topological polar surface area (TPSA) is 32.3 Å². The van der Waals surface area contributed by atoms with E-state index < -0.39 is 24.4 Å². The summed E-state index contributed by atoms with van der Waals surface area (Å²) >= 11 is 6.04. The Bertz CT molecular complexity index is 787. The Morgan fingerprint density at radius 1 is 1.18 bits per heavy atom. The number of nitrogens with one attached hydrogen (secondary N) is 1. The normalized spacial score (nSPS) is 18.3. The second-order valence-electron chi connectivity index (χ2n) is 6.57. The molecule has 2 unspecified atom stereocenters. The lowest BCUT2D eigenvalue weighted by molar-refractivity contribution is -0.162. The van der Waals surface area contributed by atoms with Crippen LogP contribution < -0.4 is 5.32 Å². The molecule has 1 heterocycles. The van der Waals surface area contributed by atoms with E-state index in [9.17, 15) is 18.0 Å². The molecule has 28 heavy (non-hydrogen) atoms. The molecule has 8 heteroatoms. The summed E-state index contributed by atoms with van der Waals surface area (Å²) in [6, 6.07) is 14.3. The first-order chi connectivity index (χ1) is 12.9. The fraction of sp³-hybridized carbons (Fsp3) is 0.350. The molecule has 3 nitrogen and oxygen atoms in total. The predicted molar refractivity (Wildman–Crippen MR) is 106 cm³/mol. The number of halogens is 5. The van der Waals surface area contributed by atoms with Crippen LogP contribution in [0.1, 0.15) is 29.5 Å². The number of hydrogen-bond donors (Lipinski definition) is 1. The van der Waals surface area contributed by atoms with E-state index in [2.05, 4.69) is 5.32 Å². The lowest BCUT2D eigenvalue weighted by atomic mass is 9.93. The van der Waals surface area contributed by atoms with Crippen molar-refractivity contribution in [1.82, 2.24) is 10.2 Å². The zero-order valence-corrected chi connectivity index (χ0v) is 16.5. The van der Waals surface area contributed by atoms with E-state index in [1.165, 1.54) is 17.0 Å². The molecule has 1 saturated heterocycles. The molecule has 1 fully saturated rings. The highest BCUT2D eigenvalue weighted by Crippen LogP contribution is 2.38. The maximum Gasteiger partial charge on any atom is 0.396 e. The number of amides is 1. The van der Waals surface area contributed by atoms with Crippen LogP contribution in [-0.2, 0) is 4.79 Å². The van der Waals surface area contributed by atoms with E-state index in [0.717, 1.165) is 5.56 Å². The summed E-state index contributed by atoms with van der Waals surface area (Å²) in [6.07, 6.45) is -5.10. The van der Waals surface area contributed by atoms with E-state index in [1.807, 2.05) is 6.07 Å². The SMILES string of the molecule is Cl.O=C(CC(c1ccccc1)C(F)(F)F)N1CCNCC1c1cccc(Cl)c1. The van der Waals surface area contributed by atoms with Gasteiger partial charge in [0.15, 0.2) is 0 Å². The van der Waals surface area contributed by atoms with Crippen molar-refractivity contribution in [2.75, 3.05) is 19.6 Å². The van der Waals surface area contributed by atoms with Crippen LogP contribution in [0.15, 0.2) is 54.6 Å². The maximum absolute atomic E-state index is 13.6. The minimum Gasteiger partial charge on any atom is -0.333 e. The van der Waals surface area contributed by atoms with Gasteiger partial charge in [0, 0.05) is 31.1 Å².